The number of fused-ring (bicyclic) bond motifs is 1. The van der Waals surface area contributed by atoms with Crippen LogP contribution in [0.15, 0.2) is 60.7 Å². The molecule has 1 aliphatic heterocycles. The molecule has 34 heavy (non-hydrogen) atoms. The lowest BCUT2D eigenvalue weighted by atomic mass is 10.0. The van der Waals surface area contributed by atoms with E-state index >= 15 is 0 Å². The summed E-state index contributed by atoms with van der Waals surface area (Å²) in [4.78, 5) is 28.4. The molecular weight excluding hydrogens is 426 g/mol. The van der Waals surface area contributed by atoms with Crippen molar-refractivity contribution in [2.45, 2.75) is 31.7 Å². The molecule has 0 spiro atoms. The Morgan fingerprint density at radius 2 is 1.68 bits per heavy atom. The summed E-state index contributed by atoms with van der Waals surface area (Å²) < 4.78 is 5.31. The molecule has 1 atom stereocenters. The molecule has 0 bridgehead atoms. The zero-order valence-electron chi connectivity index (χ0n) is 19.5. The summed E-state index contributed by atoms with van der Waals surface area (Å²) in [6.45, 7) is 2.53. The number of nitrogens with zero attached hydrogens (tertiary/aromatic N) is 1. The number of ether oxygens (including phenoxy) is 1. The van der Waals surface area contributed by atoms with E-state index in [9.17, 15) is 9.59 Å². The summed E-state index contributed by atoms with van der Waals surface area (Å²) in [7, 11) is 1.66. The van der Waals surface area contributed by atoms with Gasteiger partial charge in [0.2, 0.25) is 5.91 Å². The highest BCUT2D eigenvalue weighted by Crippen LogP contribution is 2.32. The lowest BCUT2D eigenvalue weighted by molar-refractivity contribution is -0.117. The minimum absolute atomic E-state index is 0.00231. The van der Waals surface area contributed by atoms with Crippen molar-refractivity contribution in [3.8, 4) is 5.75 Å². The van der Waals surface area contributed by atoms with Gasteiger partial charge in [-0.3, -0.25) is 14.5 Å². The summed E-state index contributed by atoms with van der Waals surface area (Å²) in [6.07, 6.45) is 4.17. The number of nitrogens with one attached hydrogen (secondary N) is 2. The first-order chi connectivity index (χ1) is 16.6. The molecule has 3 aromatic rings. The zero-order chi connectivity index (χ0) is 23.5. The van der Waals surface area contributed by atoms with E-state index in [0.717, 1.165) is 48.0 Å². The molecule has 6 nitrogen and oxygen atoms in total. The highest BCUT2D eigenvalue weighted by atomic mass is 16.5. The van der Waals surface area contributed by atoms with Crippen molar-refractivity contribution in [1.29, 1.82) is 0 Å². The average molecular weight is 458 g/mol. The molecule has 6 heteroatoms. The van der Waals surface area contributed by atoms with Crippen molar-refractivity contribution >= 4 is 28.3 Å². The van der Waals surface area contributed by atoms with E-state index < -0.39 is 0 Å². The monoisotopic (exact) mass is 457 g/mol. The molecule has 0 aromatic heterocycles. The maximum Gasteiger partial charge on any atom is 0.253 e. The Kier molecular flexibility index (Phi) is 6.50. The van der Waals surface area contributed by atoms with E-state index in [1.807, 2.05) is 48.5 Å². The Morgan fingerprint density at radius 1 is 1.00 bits per heavy atom. The van der Waals surface area contributed by atoms with Crippen molar-refractivity contribution < 1.29 is 14.3 Å². The fourth-order valence-electron chi connectivity index (χ4n) is 4.73. The van der Waals surface area contributed by atoms with Gasteiger partial charge in [0.05, 0.1) is 24.4 Å². The van der Waals surface area contributed by atoms with Crippen LogP contribution in [0, 0.1) is 5.92 Å². The van der Waals surface area contributed by atoms with Crippen LogP contribution in [-0.2, 0) is 4.79 Å². The van der Waals surface area contributed by atoms with Crippen molar-refractivity contribution in [1.82, 2.24) is 10.2 Å². The molecule has 2 amide bonds. The third-order valence-corrected chi connectivity index (χ3v) is 6.87. The molecule has 1 unspecified atom stereocenters. The summed E-state index contributed by atoms with van der Waals surface area (Å²) >= 11 is 0. The molecule has 5 rings (SSSR count). The average Bonchev–Trinajstić information content (AvgIpc) is 3.59. The van der Waals surface area contributed by atoms with Gasteiger partial charge in [-0.2, -0.15) is 0 Å². The van der Waals surface area contributed by atoms with Crippen molar-refractivity contribution in [3.63, 3.8) is 0 Å². The number of benzene rings is 3. The van der Waals surface area contributed by atoms with Crippen LogP contribution in [0.25, 0.3) is 10.8 Å². The second kappa shape index (κ2) is 9.85. The van der Waals surface area contributed by atoms with E-state index in [1.54, 1.807) is 7.11 Å². The van der Waals surface area contributed by atoms with Crippen LogP contribution in [0.5, 0.6) is 5.75 Å². The first kappa shape index (κ1) is 22.4. The first-order valence-electron chi connectivity index (χ1n) is 12.1. The third-order valence-electron chi connectivity index (χ3n) is 6.87. The van der Waals surface area contributed by atoms with E-state index in [1.165, 1.54) is 12.8 Å². The van der Waals surface area contributed by atoms with Crippen molar-refractivity contribution in [2.75, 3.05) is 32.1 Å². The Labute approximate surface area is 200 Å². The van der Waals surface area contributed by atoms with Gasteiger partial charge in [0.15, 0.2) is 0 Å². The zero-order valence-corrected chi connectivity index (χ0v) is 19.5. The molecule has 1 saturated heterocycles. The minimum atomic E-state index is -0.172. The summed E-state index contributed by atoms with van der Waals surface area (Å²) in [5.74, 6) is 0.712. The molecule has 1 aliphatic carbocycles. The number of amides is 2. The minimum Gasteiger partial charge on any atom is -0.497 e. The third kappa shape index (κ3) is 4.92. The van der Waals surface area contributed by atoms with Crippen molar-refractivity contribution in [3.05, 3.63) is 71.8 Å². The number of rotatable bonds is 8. The first-order valence-corrected chi connectivity index (χ1v) is 12.1. The molecule has 0 radical (unpaired) electrons. The topological polar surface area (TPSA) is 70.7 Å². The quantitative estimate of drug-likeness (QED) is 0.512. The molecule has 3 aromatic carbocycles. The van der Waals surface area contributed by atoms with Crippen LogP contribution >= 0.6 is 0 Å². The van der Waals surface area contributed by atoms with Gasteiger partial charge in [-0.25, -0.2) is 0 Å². The fraction of sp³-hybridized carbons (Fsp3) is 0.357. The molecule has 1 saturated carbocycles. The fourth-order valence-corrected chi connectivity index (χ4v) is 4.73. The molecule has 2 aliphatic rings. The Hall–Kier alpha value is -3.38. The van der Waals surface area contributed by atoms with Crippen LogP contribution in [0.3, 0.4) is 0 Å². The Bertz CT molecular complexity index is 1180. The van der Waals surface area contributed by atoms with Gasteiger partial charge in [-0.05, 0) is 79.4 Å². The molecular formula is C28H31N3O3. The number of anilines is 1. The largest absolute Gasteiger partial charge is 0.497 e. The molecule has 2 fully saturated rings. The SMILES string of the molecule is COc1ccc(C(CNC(=O)c2cc3ccccc3cc2NC(=O)C2CC2)N2CCCC2)cc1. The van der Waals surface area contributed by atoms with Crippen LogP contribution in [0.1, 0.15) is 47.6 Å². The number of carbonyl (C=O) groups is 2. The molecule has 2 N–H and O–H groups in total. The van der Waals surface area contributed by atoms with Crippen LogP contribution < -0.4 is 15.4 Å². The van der Waals surface area contributed by atoms with Crippen molar-refractivity contribution in [2.24, 2.45) is 5.92 Å². The van der Waals surface area contributed by atoms with Gasteiger partial charge in [-0.1, -0.05) is 36.4 Å². The number of likely N-dealkylation sites (tertiary alicyclic amines) is 1. The van der Waals surface area contributed by atoms with E-state index in [-0.39, 0.29) is 23.8 Å². The maximum atomic E-state index is 13.4. The Morgan fingerprint density at radius 3 is 2.32 bits per heavy atom. The lowest BCUT2D eigenvalue weighted by Gasteiger charge is -2.28. The number of hydrogen-bond acceptors (Lipinski definition) is 4. The van der Waals surface area contributed by atoms with Crippen LogP contribution in [-0.4, -0.2) is 43.5 Å². The van der Waals surface area contributed by atoms with Crippen LogP contribution in [0.4, 0.5) is 5.69 Å². The highest BCUT2D eigenvalue weighted by molar-refractivity contribution is 6.08. The predicted molar refractivity (Wildman–Crippen MR) is 134 cm³/mol. The number of hydrogen-bond donors (Lipinski definition) is 2. The summed E-state index contributed by atoms with van der Waals surface area (Å²) in [5, 5.41) is 8.15. The van der Waals surface area contributed by atoms with Gasteiger partial charge >= 0.3 is 0 Å². The number of carbonyl (C=O) groups excluding carboxylic acids is 2. The molecule has 176 valence electrons. The Balaban J connectivity index is 1.39. The van der Waals surface area contributed by atoms with E-state index in [0.29, 0.717) is 17.8 Å². The predicted octanol–water partition coefficient (Wildman–Crippen LogP) is 4.76. The summed E-state index contributed by atoms with van der Waals surface area (Å²) in [5.41, 5.74) is 2.24. The van der Waals surface area contributed by atoms with Gasteiger partial charge in [0.1, 0.15) is 5.75 Å². The smallest absolute Gasteiger partial charge is 0.253 e. The van der Waals surface area contributed by atoms with Gasteiger partial charge in [-0.15, -0.1) is 0 Å². The van der Waals surface area contributed by atoms with E-state index in [4.69, 9.17) is 4.74 Å². The van der Waals surface area contributed by atoms with Gasteiger partial charge in [0.25, 0.3) is 5.91 Å². The second-order valence-electron chi connectivity index (χ2n) is 9.25. The van der Waals surface area contributed by atoms with Crippen LogP contribution in [0.2, 0.25) is 0 Å². The number of methoxy groups -OCH3 is 1. The molecule has 1 heterocycles. The lowest BCUT2D eigenvalue weighted by Crippen LogP contribution is -2.37. The second-order valence-corrected chi connectivity index (χ2v) is 9.25. The highest BCUT2D eigenvalue weighted by Gasteiger charge is 2.31. The summed E-state index contributed by atoms with van der Waals surface area (Å²) in [6, 6.07) is 19.9. The normalized spacial score (nSPS) is 16.9. The standard InChI is InChI=1S/C28H31N3O3/c1-34-23-12-10-19(11-13-23)26(31-14-4-5-15-31)18-29-28(33)24-16-21-6-2-3-7-22(21)17-25(24)30-27(32)20-8-9-20/h2-3,6-7,10-13,16-17,20,26H,4-5,8-9,14-15,18H2,1H3,(H,29,33)(H,30,32). The van der Waals surface area contributed by atoms with Gasteiger partial charge in [0, 0.05) is 12.5 Å². The maximum absolute atomic E-state index is 13.4. The van der Waals surface area contributed by atoms with Gasteiger partial charge < -0.3 is 15.4 Å². The van der Waals surface area contributed by atoms with E-state index in [2.05, 4.69) is 27.7 Å².